The van der Waals surface area contributed by atoms with E-state index in [2.05, 4.69) is 0 Å². The zero-order chi connectivity index (χ0) is 14.0. The highest BCUT2D eigenvalue weighted by Crippen LogP contribution is 2.37. The van der Waals surface area contributed by atoms with Gasteiger partial charge < -0.3 is 4.74 Å². The van der Waals surface area contributed by atoms with Crippen LogP contribution >= 0.6 is 23.2 Å². The second-order valence-corrected chi connectivity index (χ2v) is 5.12. The van der Waals surface area contributed by atoms with Gasteiger partial charge in [-0.3, -0.25) is 0 Å². The molecule has 2 rings (SSSR count). The minimum absolute atomic E-state index is 0.275. The first kappa shape index (κ1) is 14.2. The van der Waals surface area contributed by atoms with Gasteiger partial charge in [-0.15, -0.1) is 11.6 Å². The van der Waals surface area contributed by atoms with E-state index in [1.54, 1.807) is 31.4 Å². The molecule has 0 saturated heterocycles. The van der Waals surface area contributed by atoms with Crippen LogP contribution in [0.5, 0.6) is 5.75 Å². The van der Waals surface area contributed by atoms with Gasteiger partial charge in [0, 0.05) is 10.6 Å². The standard InChI is InChI=1S/C15H13Cl2FO/c1-9-7-11(18)4-5-12(9)15(17)13-8-10(16)3-6-14(13)19-2/h3-8,15H,1-2H3. The quantitative estimate of drug-likeness (QED) is 0.714. The maximum absolute atomic E-state index is 13.1. The summed E-state index contributed by atoms with van der Waals surface area (Å²) in [6.07, 6.45) is 0. The van der Waals surface area contributed by atoms with Gasteiger partial charge in [-0.25, -0.2) is 4.39 Å². The van der Waals surface area contributed by atoms with Crippen molar-refractivity contribution in [3.8, 4) is 5.75 Å². The van der Waals surface area contributed by atoms with Crippen molar-refractivity contribution in [3.63, 3.8) is 0 Å². The predicted octanol–water partition coefficient (Wildman–Crippen LogP) is 5.12. The van der Waals surface area contributed by atoms with E-state index in [-0.39, 0.29) is 5.82 Å². The summed E-state index contributed by atoms with van der Waals surface area (Å²) in [7, 11) is 1.58. The van der Waals surface area contributed by atoms with Crippen molar-refractivity contribution in [1.82, 2.24) is 0 Å². The third-order valence-corrected chi connectivity index (χ3v) is 3.67. The van der Waals surface area contributed by atoms with Crippen molar-refractivity contribution < 1.29 is 9.13 Å². The molecule has 0 aromatic heterocycles. The molecule has 0 spiro atoms. The van der Waals surface area contributed by atoms with Gasteiger partial charge in [-0.2, -0.15) is 0 Å². The summed E-state index contributed by atoms with van der Waals surface area (Å²) in [6.45, 7) is 1.82. The first-order valence-corrected chi connectivity index (χ1v) is 6.58. The topological polar surface area (TPSA) is 9.23 Å². The minimum atomic E-state index is -0.436. The number of rotatable bonds is 3. The number of methoxy groups -OCH3 is 1. The molecule has 1 atom stereocenters. The lowest BCUT2D eigenvalue weighted by Gasteiger charge is -2.16. The number of hydrogen-bond donors (Lipinski definition) is 0. The zero-order valence-electron chi connectivity index (χ0n) is 10.6. The number of hydrogen-bond acceptors (Lipinski definition) is 1. The maximum Gasteiger partial charge on any atom is 0.123 e. The maximum atomic E-state index is 13.1. The van der Waals surface area contributed by atoms with Gasteiger partial charge in [0.25, 0.3) is 0 Å². The molecule has 19 heavy (non-hydrogen) atoms. The Morgan fingerprint density at radius 3 is 2.47 bits per heavy atom. The van der Waals surface area contributed by atoms with Crippen LogP contribution in [0.4, 0.5) is 4.39 Å². The third-order valence-electron chi connectivity index (χ3n) is 2.97. The van der Waals surface area contributed by atoms with E-state index in [1.165, 1.54) is 12.1 Å². The Balaban J connectivity index is 2.49. The summed E-state index contributed by atoms with van der Waals surface area (Å²) in [5.41, 5.74) is 2.40. The second kappa shape index (κ2) is 5.81. The Kier molecular flexibility index (Phi) is 4.33. The fraction of sp³-hybridized carbons (Fsp3) is 0.200. The van der Waals surface area contributed by atoms with Gasteiger partial charge in [0.05, 0.1) is 12.5 Å². The minimum Gasteiger partial charge on any atom is -0.496 e. The van der Waals surface area contributed by atoms with Gasteiger partial charge in [0.1, 0.15) is 11.6 Å². The van der Waals surface area contributed by atoms with Crippen molar-refractivity contribution in [2.75, 3.05) is 7.11 Å². The molecule has 0 radical (unpaired) electrons. The molecule has 2 aromatic rings. The molecule has 1 nitrogen and oxygen atoms in total. The second-order valence-electron chi connectivity index (χ2n) is 4.25. The Bertz CT molecular complexity index is 599. The molecule has 1 unspecified atom stereocenters. The SMILES string of the molecule is COc1ccc(Cl)cc1C(Cl)c1ccc(F)cc1C. The molecule has 4 heteroatoms. The van der Waals surface area contributed by atoms with Crippen LogP contribution in [0, 0.1) is 12.7 Å². The highest BCUT2D eigenvalue weighted by atomic mass is 35.5. The van der Waals surface area contributed by atoms with Gasteiger partial charge in [-0.1, -0.05) is 17.7 Å². The first-order chi connectivity index (χ1) is 9.02. The molecule has 0 amide bonds. The molecular formula is C15H13Cl2FO. The van der Waals surface area contributed by atoms with Gasteiger partial charge in [0.15, 0.2) is 0 Å². The van der Waals surface area contributed by atoms with E-state index < -0.39 is 5.38 Å². The summed E-state index contributed by atoms with van der Waals surface area (Å²) < 4.78 is 18.4. The molecule has 0 heterocycles. The number of aryl methyl sites for hydroxylation is 1. The van der Waals surface area contributed by atoms with Gasteiger partial charge in [0.2, 0.25) is 0 Å². The fourth-order valence-corrected chi connectivity index (χ4v) is 2.59. The van der Waals surface area contributed by atoms with Crippen LogP contribution in [-0.4, -0.2) is 7.11 Å². The van der Waals surface area contributed by atoms with Gasteiger partial charge >= 0.3 is 0 Å². The third kappa shape index (κ3) is 3.02. The lowest BCUT2D eigenvalue weighted by atomic mass is 9.99. The summed E-state index contributed by atoms with van der Waals surface area (Å²) in [4.78, 5) is 0. The molecule has 0 aliphatic carbocycles. The highest BCUT2D eigenvalue weighted by molar-refractivity contribution is 6.31. The Labute approximate surface area is 121 Å². The smallest absolute Gasteiger partial charge is 0.123 e. The Morgan fingerprint density at radius 2 is 1.84 bits per heavy atom. The monoisotopic (exact) mass is 298 g/mol. The van der Waals surface area contributed by atoms with E-state index in [4.69, 9.17) is 27.9 Å². The number of ether oxygens (including phenoxy) is 1. The lowest BCUT2D eigenvalue weighted by Crippen LogP contribution is -2.00. The fourth-order valence-electron chi connectivity index (χ4n) is 1.99. The molecule has 0 aliphatic rings. The number of alkyl halides is 1. The molecule has 0 N–H and O–H groups in total. The van der Waals surface area contributed by atoms with Crippen molar-refractivity contribution in [2.24, 2.45) is 0 Å². The van der Waals surface area contributed by atoms with E-state index >= 15 is 0 Å². The van der Waals surface area contributed by atoms with Crippen LogP contribution in [0.15, 0.2) is 36.4 Å². The van der Waals surface area contributed by atoms with E-state index in [1.807, 2.05) is 6.92 Å². The predicted molar refractivity (Wildman–Crippen MR) is 76.8 cm³/mol. The molecule has 0 saturated carbocycles. The van der Waals surface area contributed by atoms with Gasteiger partial charge in [-0.05, 0) is 48.4 Å². The number of halogens is 3. The summed E-state index contributed by atoms with van der Waals surface area (Å²) in [5.74, 6) is 0.385. The van der Waals surface area contributed by atoms with Crippen molar-refractivity contribution in [2.45, 2.75) is 12.3 Å². The van der Waals surface area contributed by atoms with Crippen LogP contribution in [0.25, 0.3) is 0 Å². The van der Waals surface area contributed by atoms with Crippen molar-refractivity contribution in [1.29, 1.82) is 0 Å². The largest absolute Gasteiger partial charge is 0.496 e. The summed E-state index contributed by atoms with van der Waals surface area (Å²) in [6, 6.07) is 9.82. The molecule has 100 valence electrons. The zero-order valence-corrected chi connectivity index (χ0v) is 12.1. The molecule has 0 bridgehead atoms. The van der Waals surface area contributed by atoms with E-state index in [9.17, 15) is 4.39 Å². The average Bonchev–Trinajstić information content (AvgIpc) is 2.38. The van der Waals surface area contributed by atoms with Crippen LogP contribution in [0.3, 0.4) is 0 Å². The van der Waals surface area contributed by atoms with Crippen LogP contribution in [0.2, 0.25) is 5.02 Å². The Morgan fingerprint density at radius 1 is 1.11 bits per heavy atom. The molecule has 0 fully saturated rings. The normalized spacial score (nSPS) is 12.3. The lowest BCUT2D eigenvalue weighted by molar-refractivity contribution is 0.410. The highest BCUT2D eigenvalue weighted by Gasteiger charge is 2.18. The molecular weight excluding hydrogens is 286 g/mol. The van der Waals surface area contributed by atoms with E-state index in [0.29, 0.717) is 10.8 Å². The summed E-state index contributed by atoms with van der Waals surface area (Å²) in [5, 5.41) is 0.149. The number of benzene rings is 2. The first-order valence-electron chi connectivity index (χ1n) is 5.76. The van der Waals surface area contributed by atoms with Crippen LogP contribution in [-0.2, 0) is 0 Å². The van der Waals surface area contributed by atoms with E-state index in [0.717, 1.165) is 16.7 Å². The average molecular weight is 299 g/mol. The van der Waals surface area contributed by atoms with Crippen molar-refractivity contribution >= 4 is 23.2 Å². The van der Waals surface area contributed by atoms with Crippen molar-refractivity contribution in [3.05, 3.63) is 63.9 Å². The summed E-state index contributed by atoms with van der Waals surface area (Å²) >= 11 is 12.5. The van der Waals surface area contributed by atoms with Crippen LogP contribution < -0.4 is 4.74 Å². The molecule has 2 aromatic carbocycles. The molecule has 0 aliphatic heterocycles. The Hall–Kier alpha value is -1.25. The van der Waals surface area contributed by atoms with Crippen LogP contribution in [0.1, 0.15) is 22.1 Å².